The highest BCUT2D eigenvalue weighted by atomic mass is 32.2. The van der Waals surface area contributed by atoms with Crippen molar-refractivity contribution < 1.29 is 18.3 Å². The molecule has 1 saturated heterocycles. The van der Waals surface area contributed by atoms with Gasteiger partial charge in [-0.2, -0.15) is 4.31 Å². The zero-order valence-electron chi connectivity index (χ0n) is 11.6. The normalized spacial score (nSPS) is 22.4. The minimum atomic E-state index is -3.77. The number of carbonyl (C=O) groups is 1. The van der Waals surface area contributed by atoms with Gasteiger partial charge in [0.25, 0.3) is 0 Å². The Kier molecular flexibility index (Phi) is 6.22. The Labute approximate surface area is 115 Å². The molecule has 1 aliphatic heterocycles. The first-order valence-corrected chi connectivity index (χ1v) is 8.35. The summed E-state index contributed by atoms with van der Waals surface area (Å²) in [6, 6.07) is 0.135. The quantitative estimate of drug-likeness (QED) is 0.719. The zero-order chi connectivity index (χ0) is 14.5. The number of nitrogens with zero attached hydrogens (tertiary/aromatic N) is 1. The fourth-order valence-electron chi connectivity index (χ4n) is 2.25. The monoisotopic (exact) mass is 292 g/mol. The third-order valence-electron chi connectivity index (χ3n) is 3.46. The van der Waals surface area contributed by atoms with E-state index in [1.165, 1.54) is 11.2 Å². The van der Waals surface area contributed by atoms with Crippen molar-refractivity contribution in [3.8, 4) is 0 Å². The Morgan fingerprint density at radius 2 is 2.16 bits per heavy atom. The zero-order valence-corrected chi connectivity index (χ0v) is 12.4. The second-order valence-electron chi connectivity index (χ2n) is 5.03. The van der Waals surface area contributed by atoms with Gasteiger partial charge in [0.2, 0.25) is 10.0 Å². The molecule has 0 radical (unpaired) electrons. The molecule has 2 unspecified atom stereocenters. The van der Waals surface area contributed by atoms with Crippen LogP contribution in [0.1, 0.15) is 39.5 Å². The van der Waals surface area contributed by atoms with E-state index in [2.05, 4.69) is 5.32 Å². The number of hydrogen-bond acceptors (Lipinski definition) is 4. The molecule has 0 aromatic rings. The lowest BCUT2D eigenvalue weighted by atomic mass is 10.1. The van der Waals surface area contributed by atoms with E-state index in [1.54, 1.807) is 0 Å². The van der Waals surface area contributed by atoms with E-state index in [-0.39, 0.29) is 6.04 Å². The van der Waals surface area contributed by atoms with Crippen LogP contribution < -0.4 is 5.32 Å². The van der Waals surface area contributed by atoms with Crippen LogP contribution in [0.5, 0.6) is 0 Å². The summed E-state index contributed by atoms with van der Waals surface area (Å²) in [6.07, 6.45) is 3.82. The van der Waals surface area contributed by atoms with Crippen molar-refractivity contribution in [2.75, 3.05) is 19.6 Å². The lowest BCUT2D eigenvalue weighted by Gasteiger charge is -2.30. The van der Waals surface area contributed by atoms with Gasteiger partial charge in [0.15, 0.2) is 5.25 Å². The third-order valence-corrected chi connectivity index (χ3v) is 5.61. The first kappa shape index (κ1) is 16.4. The van der Waals surface area contributed by atoms with Crippen molar-refractivity contribution in [1.29, 1.82) is 0 Å². The number of carboxylic acids is 1. The predicted molar refractivity (Wildman–Crippen MR) is 73.5 cm³/mol. The van der Waals surface area contributed by atoms with Gasteiger partial charge in [0.05, 0.1) is 0 Å². The Balaban J connectivity index is 2.77. The van der Waals surface area contributed by atoms with Gasteiger partial charge in [-0.25, -0.2) is 8.42 Å². The highest BCUT2D eigenvalue weighted by Crippen LogP contribution is 2.15. The van der Waals surface area contributed by atoms with E-state index in [1.807, 2.05) is 6.92 Å². The van der Waals surface area contributed by atoms with E-state index in [0.29, 0.717) is 19.5 Å². The Hall–Kier alpha value is -0.660. The topological polar surface area (TPSA) is 86.7 Å². The number of piperidine rings is 1. The molecule has 112 valence electrons. The molecule has 6 nitrogen and oxygen atoms in total. The van der Waals surface area contributed by atoms with Gasteiger partial charge < -0.3 is 10.4 Å². The fraction of sp³-hybridized carbons (Fsp3) is 0.917. The van der Waals surface area contributed by atoms with E-state index in [0.717, 1.165) is 25.8 Å². The number of sulfonamides is 1. The number of carboxylic acid groups (broad SMARTS) is 1. The van der Waals surface area contributed by atoms with E-state index in [9.17, 15) is 13.2 Å². The molecule has 7 heteroatoms. The van der Waals surface area contributed by atoms with Crippen molar-refractivity contribution in [2.24, 2.45) is 0 Å². The van der Waals surface area contributed by atoms with Crippen molar-refractivity contribution in [1.82, 2.24) is 9.62 Å². The number of nitrogens with one attached hydrogen (secondary N) is 1. The SMILES string of the molecule is CCCN(CC1CCCCN1)S(=O)(=O)C(C)C(=O)O. The molecule has 0 bridgehead atoms. The molecular formula is C12H24N2O4S. The molecule has 1 fully saturated rings. The van der Waals surface area contributed by atoms with Crippen molar-refractivity contribution in [3.63, 3.8) is 0 Å². The molecule has 0 saturated carbocycles. The van der Waals surface area contributed by atoms with Crippen LogP contribution in [-0.2, 0) is 14.8 Å². The molecule has 1 aliphatic rings. The second-order valence-corrected chi connectivity index (χ2v) is 7.28. The average molecular weight is 292 g/mol. The molecule has 0 aromatic heterocycles. The van der Waals surface area contributed by atoms with E-state index >= 15 is 0 Å². The van der Waals surface area contributed by atoms with Crippen LogP contribution in [0.2, 0.25) is 0 Å². The maximum atomic E-state index is 12.3. The van der Waals surface area contributed by atoms with Crippen LogP contribution >= 0.6 is 0 Å². The molecule has 2 atom stereocenters. The van der Waals surface area contributed by atoms with Crippen LogP contribution in [-0.4, -0.2) is 54.7 Å². The Morgan fingerprint density at radius 3 is 2.63 bits per heavy atom. The first-order chi connectivity index (χ1) is 8.89. The minimum Gasteiger partial charge on any atom is -0.480 e. The summed E-state index contributed by atoms with van der Waals surface area (Å²) in [6.45, 7) is 4.77. The largest absolute Gasteiger partial charge is 0.480 e. The smallest absolute Gasteiger partial charge is 0.323 e. The van der Waals surface area contributed by atoms with Gasteiger partial charge >= 0.3 is 5.97 Å². The molecule has 0 aliphatic carbocycles. The van der Waals surface area contributed by atoms with Crippen LogP contribution in [0.25, 0.3) is 0 Å². The van der Waals surface area contributed by atoms with Crippen LogP contribution in [0.3, 0.4) is 0 Å². The molecule has 1 heterocycles. The third kappa shape index (κ3) is 4.43. The molecule has 0 spiro atoms. The number of hydrogen-bond donors (Lipinski definition) is 2. The highest BCUT2D eigenvalue weighted by Gasteiger charge is 2.34. The lowest BCUT2D eigenvalue weighted by Crippen LogP contribution is -2.49. The Morgan fingerprint density at radius 1 is 1.47 bits per heavy atom. The van der Waals surface area contributed by atoms with Crippen molar-refractivity contribution in [3.05, 3.63) is 0 Å². The molecule has 1 rings (SSSR count). The summed E-state index contributed by atoms with van der Waals surface area (Å²) >= 11 is 0. The molecule has 0 aromatic carbocycles. The summed E-state index contributed by atoms with van der Waals surface area (Å²) in [4.78, 5) is 10.9. The summed E-state index contributed by atoms with van der Waals surface area (Å²) in [5, 5.41) is 10.8. The summed E-state index contributed by atoms with van der Waals surface area (Å²) in [7, 11) is -3.77. The fourth-order valence-corrected chi connectivity index (χ4v) is 3.78. The molecular weight excluding hydrogens is 268 g/mol. The number of aliphatic carboxylic acids is 1. The van der Waals surface area contributed by atoms with Gasteiger partial charge in [-0.05, 0) is 32.7 Å². The first-order valence-electron chi connectivity index (χ1n) is 6.84. The van der Waals surface area contributed by atoms with Gasteiger partial charge in [0, 0.05) is 19.1 Å². The highest BCUT2D eigenvalue weighted by molar-refractivity contribution is 7.90. The predicted octanol–water partition coefficient (Wildman–Crippen LogP) is 0.643. The standard InChI is InChI=1S/C12H24N2O4S/c1-3-8-14(9-11-6-4-5-7-13-11)19(17,18)10(2)12(15)16/h10-11,13H,3-9H2,1-2H3,(H,15,16). The van der Waals surface area contributed by atoms with Crippen LogP contribution in [0.4, 0.5) is 0 Å². The van der Waals surface area contributed by atoms with Gasteiger partial charge in [-0.3, -0.25) is 4.79 Å². The van der Waals surface area contributed by atoms with Gasteiger partial charge in [0.1, 0.15) is 0 Å². The molecule has 2 N–H and O–H groups in total. The maximum absolute atomic E-state index is 12.3. The Bertz CT molecular complexity index is 391. The van der Waals surface area contributed by atoms with Gasteiger partial charge in [-0.15, -0.1) is 0 Å². The van der Waals surface area contributed by atoms with Crippen molar-refractivity contribution in [2.45, 2.75) is 50.8 Å². The average Bonchev–Trinajstić information content (AvgIpc) is 2.38. The number of rotatable bonds is 7. The molecule has 19 heavy (non-hydrogen) atoms. The van der Waals surface area contributed by atoms with Crippen molar-refractivity contribution >= 4 is 16.0 Å². The minimum absolute atomic E-state index is 0.135. The summed E-state index contributed by atoms with van der Waals surface area (Å²) in [5.41, 5.74) is 0. The van der Waals surface area contributed by atoms with Gasteiger partial charge in [-0.1, -0.05) is 13.3 Å². The lowest BCUT2D eigenvalue weighted by molar-refractivity contribution is -0.136. The molecule has 0 amide bonds. The van der Waals surface area contributed by atoms with E-state index < -0.39 is 21.2 Å². The second kappa shape index (κ2) is 7.21. The maximum Gasteiger partial charge on any atom is 0.323 e. The summed E-state index contributed by atoms with van der Waals surface area (Å²) in [5.74, 6) is -1.29. The van der Waals surface area contributed by atoms with Crippen LogP contribution in [0, 0.1) is 0 Å². The van der Waals surface area contributed by atoms with E-state index in [4.69, 9.17) is 5.11 Å². The summed E-state index contributed by atoms with van der Waals surface area (Å²) < 4.78 is 25.8. The van der Waals surface area contributed by atoms with Crippen LogP contribution in [0.15, 0.2) is 0 Å².